The number of hydrogen-bond donors (Lipinski definition) is 1. The predicted octanol–water partition coefficient (Wildman–Crippen LogP) is 4.43. The van der Waals surface area contributed by atoms with Crippen molar-refractivity contribution in [3.8, 4) is 0 Å². The van der Waals surface area contributed by atoms with E-state index >= 15 is 0 Å². The highest BCUT2D eigenvalue weighted by molar-refractivity contribution is 5.87. The van der Waals surface area contributed by atoms with Crippen LogP contribution < -0.4 is 10.4 Å². The number of rotatable bonds is 4. The first-order chi connectivity index (χ1) is 10.4. The SMILES string of the molecule is CCCCC1=Nc2ccccc2CN(c2ccccc2)N1. The Morgan fingerprint density at radius 1 is 1.05 bits per heavy atom. The number of para-hydroxylation sites is 2. The molecule has 1 aliphatic heterocycles. The Morgan fingerprint density at radius 2 is 1.81 bits per heavy atom. The number of aliphatic imine (C=N–C) groups is 1. The molecule has 1 N–H and O–H groups in total. The van der Waals surface area contributed by atoms with Crippen LogP contribution in [0.5, 0.6) is 0 Å². The van der Waals surface area contributed by atoms with Crippen LogP contribution in [0.3, 0.4) is 0 Å². The molecule has 2 aromatic rings. The van der Waals surface area contributed by atoms with Gasteiger partial charge < -0.3 is 0 Å². The van der Waals surface area contributed by atoms with E-state index in [1.807, 2.05) is 6.07 Å². The maximum Gasteiger partial charge on any atom is 0.121 e. The monoisotopic (exact) mass is 279 g/mol. The topological polar surface area (TPSA) is 27.6 Å². The van der Waals surface area contributed by atoms with Crippen LogP contribution in [-0.2, 0) is 6.54 Å². The van der Waals surface area contributed by atoms with E-state index in [4.69, 9.17) is 4.99 Å². The smallest absolute Gasteiger partial charge is 0.121 e. The Hall–Kier alpha value is -2.29. The van der Waals surface area contributed by atoms with Crippen LogP contribution in [0, 0.1) is 0 Å². The number of hydrazine groups is 1. The van der Waals surface area contributed by atoms with Gasteiger partial charge in [0, 0.05) is 6.42 Å². The van der Waals surface area contributed by atoms with Crippen molar-refractivity contribution in [3.05, 3.63) is 60.2 Å². The zero-order chi connectivity index (χ0) is 14.5. The molecule has 0 saturated heterocycles. The van der Waals surface area contributed by atoms with Crippen molar-refractivity contribution < 1.29 is 0 Å². The van der Waals surface area contributed by atoms with Gasteiger partial charge in [-0.1, -0.05) is 49.7 Å². The summed E-state index contributed by atoms with van der Waals surface area (Å²) in [5, 5.41) is 2.18. The Bertz CT molecular complexity index is 619. The van der Waals surface area contributed by atoms with E-state index in [9.17, 15) is 0 Å². The summed E-state index contributed by atoms with van der Waals surface area (Å²) < 4.78 is 0. The molecule has 108 valence electrons. The van der Waals surface area contributed by atoms with Gasteiger partial charge in [-0.05, 0) is 30.2 Å². The lowest BCUT2D eigenvalue weighted by Crippen LogP contribution is -2.40. The van der Waals surface area contributed by atoms with Gasteiger partial charge in [0.15, 0.2) is 0 Å². The van der Waals surface area contributed by atoms with Gasteiger partial charge in [-0.2, -0.15) is 0 Å². The first kappa shape index (κ1) is 13.7. The molecule has 0 radical (unpaired) electrons. The van der Waals surface area contributed by atoms with E-state index in [-0.39, 0.29) is 0 Å². The van der Waals surface area contributed by atoms with Crippen molar-refractivity contribution >= 4 is 17.2 Å². The van der Waals surface area contributed by atoms with Gasteiger partial charge in [-0.25, -0.2) is 4.99 Å². The Balaban J connectivity index is 1.93. The molecule has 0 atom stereocenters. The van der Waals surface area contributed by atoms with Crippen LogP contribution in [0.4, 0.5) is 11.4 Å². The third kappa shape index (κ3) is 3.24. The van der Waals surface area contributed by atoms with E-state index < -0.39 is 0 Å². The number of hydrogen-bond acceptors (Lipinski definition) is 3. The Labute approximate surface area is 126 Å². The summed E-state index contributed by atoms with van der Waals surface area (Å²) in [4.78, 5) is 4.82. The maximum atomic E-state index is 4.82. The molecule has 3 rings (SSSR count). The number of benzene rings is 2. The van der Waals surface area contributed by atoms with Crippen molar-refractivity contribution in [3.63, 3.8) is 0 Å². The van der Waals surface area contributed by atoms with Gasteiger partial charge in [0.1, 0.15) is 5.84 Å². The summed E-state index contributed by atoms with van der Waals surface area (Å²) in [7, 11) is 0. The highest BCUT2D eigenvalue weighted by Crippen LogP contribution is 2.25. The molecular formula is C18H21N3. The molecule has 3 nitrogen and oxygen atoms in total. The summed E-state index contributed by atoms with van der Waals surface area (Å²) in [6, 6.07) is 18.8. The summed E-state index contributed by atoms with van der Waals surface area (Å²) in [5.74, 6) is 1.05. The number of fused-ring (bicyclic) bond motifs is 1. The van der Waals surface area contributed by atoms with Crippen LogP contribution >= 0.6 is 0 Å². The van der Waals surface area contributed by atoms with Crippen molar-refractivity contribution in [1.29, 1.82) is 0 Å². The Kier molecular flexibility index (Phi) is 4.20. The van der Waals surface area contributed by atoms with Crippen LogP contribution in [0.25, 0.3) is 0 Å². The van der Waals surface area contributed by atoms with Crippen LogP contribution in [-0.4, -0.2) is 5.84 Å². The van der Waals surface area contributed by atoms with Gasteiger partial charge in [0.25, 0.3) is 0 Å². The molecule has 0 amide bonds. The van der Waals surface area contributed by atoms with Gasteiger partial charge in [0.05, 0.1) is 17.9 Å². The molecule has 21 heavy (non-hydrogen) atoms. The van der Waals surface area contributed by atoms with Crippen LogP contribution in [0.1, 0.15) is 31.7 Å². The van der Waals surface area contributed by atoms with Crippen molar-refractivity contribution in [2.75, 3.05) is 5.01 Å². The molecular weight excluding hydrogens is 258 g/mol. The molecule has 0 bridgehead atoms. The second-order valence-electron chi connectivity index (χ2n) is 5.32. The highest BCUT2D eigenvalue weighted by Gasteiger charge is 2.15. The number of anilines is 1. The average Bonchev–Trinajstić information content (AvgIpc) is 2.73. The van der Waals surface area contributed by atoms with Gasteiger partial charge in [-0.3, -0.25) is 10.4 Å². The third-order valence-corrected chi connectivity index (χ3v) is 3.67. The summed E-state index contributed by atoms with van der Waals surface area (Å²) in [6.45, 7) is 3.03. The molecule has 2 aromatic carbocycles. The minimum absolute atomic E-state index is 0.819. The Morgan fingerprint density at radius 3 is 2.62 bits per heavy atom. The number of nitrogens with one attached hydrogen (secondary N) is 1. The third-order valence-electron chi connectivity index (χ3n) is 3.67. The van der Waals surface area contributed by atoms with Gasteiger partial charge >= 0.3 is 0 Å². The van der Waals surface area contributed by atoms with Crippen molar-refractivity contribution in [2.24, 2.45) is 4.99 Å². The number of nitrogens with zero attached hydrogens (tertiary/aromatic N) is 2. The zero-order valence-corrected chi connectivity index (χ0v) is 12.4. The predicted molar refractivity (Wildman–Crippen MR) is 88.8 cm³/mol. The number of unbranched alkanes of at least 4 members (excludes halogenated alkanes) is 1. The van der Waals surface area contributed by atoms with E-state index in [0.717, 1.165) is 30.9 Å². The molecule has 0 unspecified atom stereocenters. The average molecular weight is 279 g/mol. The van der Waals surface area contributed by atoms with Crippen LogP contribution in [0.15, 0.2) is 59.6 Å². The number of amidine groups is 1. The fourth-order valence-electron chi connectivity index (χ4n) is 2.51. The second-order valence-corrected chi connectivity index (χ2v) is 5.32. The van der Waals surface area contributed by atoms with Gasteiger partial charge in [0.2, 0.25) is 0 Å². The minimum atomic E-state index is 0.819. The minimum Gasteiger partial charge on any atom is -0.285 e. The zero-order valence-electron chi connectivity index (χ0n) is 12.4. The first-order valence-corrected chi connectivity index (χ1v) is 7.61. The normalized spacial score (nSPS) is 14.0. The highest BCUT2D eigenvalue weighted by atomic mass is 15.5. The fraction of sp³-hybridized carbons (Fsp3) is 0.278. The molecule has 0 saturated carbocycles. The van der Waals surface area contributed by atoms with E-state index in [2.05, 4.69) is 65.9 Å². The molecule has 0 spiro atoms. The van der Waals surface area contributed by atoms with Crippen molar-refractivity contribution in [2.45, 2.75) is 32.7 Å². The molecule has 1 aliphatic rings. The lowest BCUT2D eigenvalue weighted by molar-refractivity contribution is 0.741. The molecule has 1 heterocycles. The summed E-state index contributed by atoms with van der Waals surface area (Å²) in [5.41, 5.74) is 6.99. The lowest BCUT2D eigenvalue weighted by Gasteiger charge is -2.25. The quantitative estimate of drug-likeness (QED) is 0.896. The molecule has 3 heteroatoms. The second kappa shape index (κ2) is 6.44. The molecule has 0 aliphatic carbocycles. The van der Waals surface area contributed by atoms with E-state index in [0.29, 0.717) is 0 Å². The van der Waals surface area contributed by atoms with Gasteiger partial charge in [-0.15, -0.1) is 0 Å². The maximum absolute atomic E-state index is 4.82. The molecule has 0 aromatic heterocycles. The lowest BCUT2D eigenvalue weighted by atomic mass is 10.1. The van der Waals surface area contributed by atoms with E-state index in [1.165, 1.54) is 17.7 Å². The molecule has 0 fully saturated rings. The fourth-order valence-corrected chi connectivity index (χ4v) is 2.51. The standard InChI is InChI=1S/C18H21N3/c1-2-3-13-18-19-17-12-8-7-9-15(17)14-21(20-18)16-10-5-4-6-11-16/h4-12H,2-3,13-14H2,1H3,(H,19,20). The van der Waals surface area contributed by atoms with E-state index in [1.54, 1.807) is 0 Å². The van der Waals surface area contributed by atoms with Crippen molar-refractivity contribution in [1.82, 2.24) is 5.43 Å². The first-order valence-electron chi connectivity index (χ1n) is 7.61. The summed E-state index contributed by atoms with van der Waals surface area (Å²) >= 11 is 0. The largest absolute Gasteiger partial charge is 0.285 e. The van der Waals surface area contributed by atoms with Crippen LogP contribution in [0.2, 0.25) is 0 Å². The summed E-state index contributed by atoms with van der Waals surface area (Å²) in [6.07, 6.45) is 3.30.